The molecule has 0 unspecified atom stereocenters. The fourth-order valence-electron chi connectivity index (χ4n) is 0.296. The Kier molecular flexibility index (Phi) is 12.8. The standard InChI is InChI=1S/C3H8O2.2C2H2F4O3S/c4-2-1-3-5;2*3-1(4)2(5,6)10(7,8)9/h4-5H,1-3H2;2*1H,(H,7,8,9). The summed E-state index contributed by atoms with van der Waals surface area (Å²) in [5, 5.41) is 5.08. The van der Waals surface area contributed by atoms with E-state index in [1.165, 1.54) is 0 Å². The highest BCUT2D eigenvalue weighted by atomic mass is 32.2. The van der Waals surface area contributed by atoms with Gasteiger partial charge in [-0.2, -0.15) is 34.4 Å². The van der Waals surface area contributed by atoms with Crippen molar-refractivity contribution in [1.29, 1.82) is 0 Å². The number of rotatable bonds is 6. The molecular weight excluding hydrogens is 428 g/mol. The molecule has 8 nitrogen and oxygen atoms in total. The van der Waals surface area contributed by atoms with E-state index in [-0.39, 0.29) is 13.2 Å². The molecule has 0 aromatic heterocycles. The number of aliphatic hydroxyl groups excluding tert-OH is 2. The highest BCUT2D eigenvalue weighted by molar-refractivity contribution is 7.87. The van der Waals surface area contributed by atoms with Gasteiger partial charge in [-0.15, -0.1) is 0 Å². The molecule has 0 bridgehead atoms. The van der Waals surface area contributed by atoms with Gasteiger partial charge < -0.3 is 10.2 Å². The van der Waals surface area contributed by atoms with E-state index in [1.807, 2.05) is 0 Å². The van der Waals surface area contributed by atoms with E-state index < -0.39 is 43.6 Å². The summed E-state index contributed by atoms with van der Waals surface area (Å²) in [6.07, 6.45) is -8.33. The molecule has 0 aromatic rings. The molecule has 0 aliphatic heterocycles. The first-order chi connectivity index (χ1) is 10.8. The topological polar surface area (TPSA) is 149 Å². The third kappa shape index (κ3) is 10.7. The molecule has 0 fully saturated rings. The lowest BCUT2D eigenvalue weighted by molar-refractivity contribution is -0.0687. The number of hydrogen-bond acceptors (Lipinski definition) is 6. The predicted octanol–water partition coefficient (Wildman–Crippen LogP) is 0.825. The highest BCUT2D eigenvalue weighted by Crippen LogP contribution is 2.28. The second-order valence-electron chi connectivity index (χ2n) is 3.48. The maximum atomic E-state index is 11.5. The maximum Gasteiger partial charge on any atom is 0.428 e. The summed E-state index contributed by atoms with van der Waals surface area (Å²) in [6.45, 7) is 0.188. The minimum Gasteiger partial charge on any atom is -0.396 e. The molecule has 0 radical (unpaired) electrons. The van der Waals surface area contributed by atoms with Crippen molar-refractivity contribution in [2.75, 3.05) is 13.2 Å². The lowest BCUT2D eigenvalue weighted by Crippen LogP contribution is -2.35. The summed E-state index contributed by atoms with van der Waals surface area (Å²) in [7, 11) is -12.0. The van der Waals surface area contributed by atoms with Crippen molar-refractivity contribution in [2.45, 2.75) is 29.8 Å². The zero-order valence-electron chi connectivity index (χ0n) is 11.5. The molecular formula is C7H12F8O8S2. The van der Waals surface area contributed by atoms with Crippen LogP contribution in [-0.4, -0.2) is 72.7 Å². The molecule has 0 saturated carbocycles. The Morgan fingerprint density at radius 1 is 0.680 bits per heavy atom. The molecule has 4 N–H and O–H groups in total. The number of hydrogen-bond donors (Lipinski definition) is 4. The van der Waals surface area contributed by atoms with E-state index in [9.17, 15) is 52.0 Å². The lowest BCUT2D eigenvalue weighted by Gasteiger charge is -2.09. The molecule has 18 heteroatoms. The maximum absolute atomic E-state index is 11.5. The molecule has 0 spiro atoms. The fourth-order valence-corrected chi connectivity index (χ4v) is 0.746. The Bertz CT molecular complexity index is 511. The summed E-state index contributed by atoms with van der Waals surface area (Å²) in [5.41, 5.74) is 0. The van der Waals surface area contributed by atoms with Gasteiger partial charge in [0.15, 0.2) is 0 Å². The van der Waals surface area contributed by atoms with Crippen molar-refractivity contribution in [3.63, 3.8) is 0 Å². The van der Waals surface area contributed by atoms with Gasteiger partial charge in [0.05, 0.1) is 0 Å². The van der Waals surface area contributed by atoms with E-state index in [0.717, 1.165) is 0 Å². The van der Waals surface area contributed by atoms with E-state index in [0.29, 0.717) is 6.42 Å². The molecule has 0 amide bonds. The molecule has 0 atom stereocenters. The van der Waals surface area contributed by atoms with Crippen LogP contribution in [-0.2, 0) is 20.2 Å². The van der Waals surface area contributed by atoms with Crippen LogP contribution in [0.2, 0.25) is 0 Å². The summed E-state index contributed by atoms with van der Waals surface area (Å²) in [6, 6.07) is 0. The summed E-state index contributed by atoms with van der Waals surface area (Å²) in [4.78, 5) is 0. The van der Waals surface area contributed by atoms with Crippen molar-refractivity contribution < 1.29 is 71.3 Å². The van der Waals surface area contributed by atoms with E-state index in [1.54, 1.807) is 0 Å². The smallest absolute Gasteiger partial charge is 0.396 e. The van der Waals surface area contributed by atoms with Crippen LogP contribution in [0.1, 0.15) is 6.42 Å². The second-order valence-corrected chi connectivity index (χ2v) is 6.46. The Labute approximate surface area is 135 Å². The molecule has 0 saturated heterocycles. The summed E-state index contributed by atoms with van der Waals surface area (Å²) < 4.78 is 143. The Hall–Kier alpha value is -0.820. The van der Waals surface area contributed by atoms with Gasteiger partial charge in [0.25, 0.3) is 0 Å². The van der Waals surface area contributed by atoms with E-state index >= 15 is 0 Å². The molecule has 0 rings (SSSR count). The first-order valence-corrected chi connectivity index (χ1v) is 8.16. The van der Waals surface area contributed by atoms with Crippen LogP contribution in [0.4, 0.5) is 35.1 Å². The van der Waals surface area contributed by atoms with Gasteiger partial charge >= 0.3 is 43.6 Å². The average Bonchev–Trinajstić information content (AvgIpc) is 2.38. The minimum atomic E-state index is -5.98. The summed E-state index contributed by atoms with van der Waals surface area (Å²) >= 11 is 0. The van der Waals surface area contributed by atoms with Crippen molar-refractivity contribution in [3.05, 3.63) is 0 Å². The van der Waals surface area contributed by atoms with Crippen molar-refractivity contribution in [2.24, 2.45) is 0 Å². The average molecular weight is 440 g/mol. The van der Waals surface area contributed by atoms with Gasteiger partial charge in [-0.1, -0.05) is 0 Å². The first kappa shape index (κ1) is 29.0. The van der Waals surface area contributed by atoms with E-state index in [4.69, 9.17) is 19.3 Å². The van der Waals surface area contributed by atoms with Crippen LogP contribution >= 0.6 is 0 Å². The Morgan fingerprint density at radius 3 is 0.880 bits per heavy atom. The number of halogens is 8. The zero-order valence-corrected chi connectivity index (χ0v) is 13.2. The van der Waals surface area contributed by atoms with Crippen molar-refractivity contribution >= 4 is 20.2 Å². The third-order valence-electron chi connectivity index (χ3n) is 1.51. The Balaban J connectivity index is -0.000000308. The van der Waals surface area contributed by atoms with Gasteiger partial charge in [0.1, 0.15) is 0 Å². The molecule has 25 heavy (non-hydrogen) atoms. The lowest BCUT2D eigenvalue weighted by atomic mass is 10.5. The van der Waals surface area contributed by atoms with Crippen LogP contribution < -0.4 is 0 Å². The molecule has 0 heterocycles. The van der Waals surface area contributed by atoms with Crippen LogP contribution in [0.15, 0.2) is 0 Å². The predicted molar refractivity (Wildman–Crippen MR) is 63.8 cm³/mol. The normalized spacial score (nSPS) is 13.0. The summed E-state index contributed by atoms with van der Waals surface area (Å²) in [5.74, 6) is 0. The first-order valence-electron chi connectivity index (χ1n) is 5.28. The quantitative estimate of drug-likeness (QED) is 0.351. The molecule has 156 valence electrons. The molecule has 0 aliphatic carbocycles. The van der Waals surface area contributed by atoms with Crippen LogP contribution in [0.25, 0.3) is 0 Å². The highest BCUT2D eigenvalue weighted by Gasteiger charge is 2.54. The van der Waals surface area contributed by atoms with Gasteiger partial charge in [-0.25, -0.2) is 17.6 Å². The second kappa shape index (κ2) is 11.0. The van der Waals surface area contributed by atoms with Crippen LogP contribution in [0.5, 0.6) is 0 Å². The number of aliphatic hydroxyl groups is 2. The molecule has 0 aliphatic rings. The fraction of sp³-hybridized carbons (Fsp3) is 1.00. The third-order valence-corrected chi connectivity index (χ3v) is 3.24. The number of alkyl halides is 8. The SMILES string of the molecule is O=S(=O)(O)C(F)(F)C(F)F.O=S(=O)(O)C(F)(F)C(F)F.OCCCO. The van der Waals surface area contributed by atoms with E-state index in [2.05, 4.69) is 0 Å². The largest absolute Gasteiger partial charge is 0.428 e. The minimum absolute atomic E-state index is 0.0938. The Morgan fingerprint density at radius 2 is 0.880 bits per heavy atom. The van der Waals surface area contributed by atoms with Gasteiger partial charge in [0, 0.05) is 13.2 Å². The van der Waals surface area contributed by atoms with Crippen molar-refractivity contribution in [3.8, 4) is 0 Å². The van der Waals surface area contributed by atoms with Gasteiger partial charge in [-0.3, -0.25) is 9.11 Å². The van der Waals surface area contributed by atoms with Crippen molar-refractivity contribution in [1.82, 2.24) is 0 Å². The van der Waals surface area contributed by atoms with Gasteiger partial charge in [0.2, 0.25) is 0 Å². The zero-order chi connectivity index (χ0) is 21.3. The van der Waals surface area contributed by atoms with Crippen LogP contribution in [0.3, 0.4) is 0 Å². The monoisotopic (exact) mass is 440 g/mol. The van der Waals surface area contributed by atoms with Gasteiger partial charge in [-0.05, 0) is 6.42 Å². The van der Waals surface area contributed by atoms with Crippen LogP contribution in [0, 0.1) is 0 Å². The molecule has 0 aromatic carbocycles.